The summed E-state index contributed by atoms with van der Waals surface area (Å²) in [6, 6.07) is 28.9. The number of methoxy groups -OCH3 is 1. The van der Waals surface area contributed by atoms with Crippen molar-refractivity contribution in [2.24, 2.45) is 5.92 Å². The van der Waals surface area contributed by atoms with Crippen LogP contribution in [0.2, 0.25) is 0 Å². The van der Waals surface area contributed by atoms with E-state index >= 15 is 0 Å². The van der Waals surface area contributed by atoms with Gasteiger partial charge in [-0.05, 0) is 67.3 Å². The van der Waals surface area contributed by atoms with Crippen molar-refractivity contribution in [3.8, 4) is 5.75 Å². The maximum Gasteiger partial charge on any atom is 0.328 e. The van der Waals surface area contributed by atoms with Gasteiger partial charge in [-0.25, -0.2) is 9.18 Å². The molecule has 1 N–H and O–H groups in total. The van der Waals surface area contributed by atoms with E-state index in [4.69, 9.17) is 9.47 Å². The Morgan fingerprint density at radius 1 is 0.909 bits per heavy atom. The summed E-state index contributed by atoms with van der Waals surface area (Å²) in [7, 11) is 1.34. The Morgan fingerprint density at radius 2 is 1.64 bits per heavy atom. The summed E-state index contributed by atoms with van der Waals surface area (Å²) < 4.78 is 24.8. The van der Waals surface area contributed by atoms with Gasteiger partial charge in [-0.2, -0.15) is 0 Å². The Kier molecular flexibility index (Phi) is 10.0. The number of anilines is 2. The molecule has 1 atom stereocenters. The van der Waals surface area contributed by atoms with Crippen LogP contribution in [0, 0.1) is 11.7 Å². The number of para-hydroxylation sites is 1. The molecule has 1 saturated carbocycles. The monoisotopic (exact) mass is 594 g/mol. The van der Waals surface area contributed by atoms with Gasteiger partial charge < -0.3 is 19.7 Å². The molecule has 1 aliphatic rings. The summed E-state index contributed by atoms with van der Waals surface area (Å²) in [6.45, 7) is 0.805. The fraction of sp³-hybridized carbons (Fsp3) is 0.250. The largest absolute Gasteiger partial charge is 0.494 e. The van der Waals surface area contributed by atoms with Crippen molar-refractivity contribution in [1.82, 2.24) is 0 Å². The lowest BCUT2D eigenvalue weighted by Gasteiger charge is -2.23. The zero-order valence-electron chi connectivity index (χ0n) is 24.6. The van der Waals surface area contributed by atoms with Gasteiger partial charge >= 0.3 is 5.97 Å². The van der Waals surface area contributed by atoms with E-state index < -0.39 is 12.0 Å². The van der Waals surface area contributed by atoms with Crippen molar-refractivity contribution in [3.63, 3.8) is 0 Å². The second-order valence-electron chi connectivity index (χ2n) is 10.8. The molecule has 226 valence electrons. The minimum Gasteiger partial charge on any atom is -0.494 e. The maximum absolute atomic E-state index is 13.8. The van der Waals surface area contributed by atoms with Crippen LogP contribution >= 0.6 is 0 Å². The number of carbonyl (C=O) groups is 3. The number of nitrogens with zero attached hydrogens (tertiary/aromatic N) is 1. The lowest BCUT2D eigenvalue weighted by atomic mass is 10.00. The fourth-order valence-corrected chi connectivity index (χ4v) is 5.01. The summed E-state index contributed by atoms with van der Waals surface area (Å²) in [5.41, 5.74) is 3.00. The number of rotatable bonds is 14. The fourth-order valence-electron chi connectivity index (χ4n) is 5.01. The molecule has 0 saturated heterocycles. The van der Waals surface area contributed by atoms with Gasteiger partial charge in [0.15, 0.2) is 5.78 Å². The molecule has 0 bridgehead atoms. The van der Waals surface area contributed by atoms with Gasteiger partial charge in [0, 0.05) is 41.4 Å². The molecule has 7 nitrogen and oxygen atoms in total. The SMILES string of the molecule is COC(=O)[C@H](Cc1ccc(OCCCN(C(=O)C2CC2)c2cccc(F)c2)cc1)Nc1ccccc1C(=O)c1ccccc1. The van der Waals surface area contributed by atoms with E-state index in [1.807, 2.05) is 48.5 Å². The van der Waals surface area contributed by atoms with Crippen molar-refractivity contribution in [3.05, 3.63) is 126 Å². The van der Waals surface area contributed by atoms with Crippen LogP contribution in [0.4, 0.5) is 15.8 Å². The number of benzene rings is 4. The highest BCUT2D eigenvalue weighted by atomic mass is 19.1. The zero-order chi connectivity index (χ0) is 30.9. The van der Waals surface area contributed by atoms with Crippen LogP contribution in [-0.4, -0.2) is 44.0 Å². The molecule has 1 aliphatic carbocycles. The molecule has 1 fully saturated rings. The standard InChI is InChI=1S/C36H35FN2O5/c1-43-36(42)33(38-32-14-6-5-13-31(32)34(40)26-9-3-2-4-10-26)23-25-15-19-30(20-16-25)44-22-8-21-39(35(41)27-17-18-27)29-12-7-11-28(37)24-29/h2-7,9-16,19-20,24,27,33,38H,8,17-18,21-23H2,1H3/t33-/m0/s1. The molecule has 1 amide bonds. The molecule has 0 aromatic heterocycles. The Labute approximate surface area is 256 Å². The molecular formula is C36H35FN2O5. The first kappa shape index (κ1) is 30.5. The molecule has 0 unspecified atom stereocenters. The van der Waals surface area contributed by atoms with Gasteiger partial charge in [0.1, 0.15) is 17.6 Å². The number of amides is 1. The molecular weight excluding hydrogens is 559 g/mol. The van der Waals surface area contributed by atoms with Crippen LogP contribution in [0.25, 0.3) is 0 Å². The average molecular weight is 595 g/mol. The van der Waals surface area contributed by atoms with Gasteiger partial charge in [-0.3, -0.25) is 9.59 Å². The third-order valence-corrected chi connectivity index (χ3v) is 7.49. The average Bonchev–Trinajstić information content (AvgIpc) is 3.91. The van der Waals surface area contributed by atoms with Crippen molar-refractivity contribution in [2.75, 3.05) is 30.5 Å². The molecule has 0 heterocycles. The quantitative estimate of drug-likeness (QED) is 0.102. The van der Waals surface area contributed by atoms with Gasteiger partial charge in [0.2, 0.25) is 5.91 Å². The molecule has 8 heteroatoms. The molecule has 4 aromatic rings. The number of halogens is 1. The Morgan fingerprint density at radius 3 is 2.34 bits per heavy atom. The third-order valence-electron chi connectivity index (χ3n) is 7.49. The number of esters is 1. The van der Waals surface area contributed by atoms with Crippen molar-refractivity contribution in [2.45, 2.75) is 31.7 Å². The third kappa shape index (κ3) is 7.89. The number of hydrogen-bond acceptors (Lipinski definition) is 6. The van der Waals surface area contributed by atoms with Crippen molar-refractivity contribution >= 4 is 29.0 Å². The number of ketones is 1. The Balaban J connectivity index is 1.18. The summed E-state index contributed by atoms with van der Waals surface area (Å²) >= 11 is 0. The smallest absolute Gasteiger partial charge is 0.328 e. The number of ether oxygens (including phenoxy) is 2. The highest BCUT2D eigenvalue weighted by Crippen LogP contribution is 2.33. The van der Waals surface area contributed by atoms with Crippen molar-refractivity contribution in [1.29, 1.82) is 0 Å². The van der Waals surface area contributed by atoms with Crippen LogP contribution in [0.5, 0.6) is 5.75 Å². The van der Waals surface area contributed by atoms with Crippen LogP contribution in [-0.2, 0) is 20.7 Å². The Hall–Kier alpha value is -4.98. The van der Waals surface area contributed by atoms with E-state index in [0.717, 1.165) is 18.4 Å². The molecule has 4 aromatic carbocycles. The summed E-state index contributed by atoms with van der Waals surface area (Å²) in [4.78, 5) is 40.4. The maximum atomic E-state index is 13.8. The van der Waals surface area contributed by atoms with E-state index in [2.05, 4.69) is 5.32 Å². The summed E-state index contributed by atoms with van der Waals surface area (Å²) in [6.07, 6.45) is 2.65. The Bertz CT molecular complexity index is 1590. The minimum atomic E-state index is -0.727. The highest BCUT2D eigenvalue weighted by Gasteiger charge is 2.34. The number of carbonyl (C=O) groups excluding carboxylic acids is 3. The van der Waals surface area contributed by atoms with E-state index in [1.165, 1.54) is 19.2 Å². The highest BCUT2D eigenvalue weighted by molar-refractivity contribution is 6.12. The van der Waals surface area contributed by atoms with E-state index in [0.29, 0.717) is 54.2 Å². The second kappa shape index (κ2) is 14.5. The number of hydrogen-bond donors (Lipinski definition) is 1. The predicted octanol–water partition coefficient (Wildman–Crippen LogP) is 6.47. The van der Waals surface area contributed by atoms with Gasteiger partial charge in [0.25, 0.3) is 0 Å². The number of nitrogens with one attached hydrogen (secondary N) is 1. The lowest BCUT2D eigenvalue weighted by molar-refractivity contribution is -0.141. The first-order valence-electron chi connectivity index (χ1n) is 14.7. The molecule has 5 rings (SSSR count). The first-order chi connectivity index (χ1) is 21.4. The van der Waals surface area contributed by atoms with E-state index in [1.54, 1.807) is 47.4 Å². The molecule has 0 radical (unpaired) electrons. The lowest BCUT2D eigenvalue weighted by Crippen LogP contribution is -2.34. The second-order valence-corrected chi connectivity index (χ2v) is 10.8. The molecule has 0 spiro atoms. The van der Waals surface area contributed by atoms with Gasteiger partial charge in [-0.1, -0.05) is 60.7 Å². The predicted molar refractivity (Wildman–Crippen MR) is 167 cm³/mol. The van der Waals surface area contributed by atoms with Crippen molar-refractivity contribution < 1.29 is 28.2 Å². The van der Waals surface area contributed by atoms with Crippen LogP contribution in [0.1, 0.15) is 40.7 Å². The minimum absolute atomic E-state index is 0.0212. The van der Waals surface area contributed by atoms with Gasteiger partial charge in [0.05, 0.1) is 13.7 Å². The van der Waals surface area contributed by atoms with E-state index in [-0.39, 0.29) is 23.4 Å². The zero-order valence-corrected chi connectivity index (χ0v) is 24.6. The first-order valence-corrected chi connectivity index (χ1v) is 14.7. The summed E-state index contributed by atoms with van der Waals surface area (Å²) in [5, 5.41) is 3.22. The molecule has 0 aliphatic heterocycles. The topological polar surface area (TPSA) is 84.9 Å². The summed E-state index contributed by atoms with van der Waals surface area (Å²) in [5.74, 6) is -0.262. The normalized spacial score (nSPS) is 13.0. The van der Waals surface area contributed by atoms with Gasteiger partial charge in [-0.15, -0.1) is 0 Å². The van der Waals surface area contributed by atoms with Crippen LogP contribution in [0.3, 0.4) is 0 Å². The van der Waals surface area contributed by atoms with Crippen LogP contribution in [0.15, 0.2) is 103 Å². The molecule has 44 heavy (non-hydrogen) atoms. The van der Waals surface area contributed by atoms with E-state index in [9.17, 15) is 18.8 Å². The van der Waals surface area contributed by atoms with Crippen LogP contribution < -0.4 is 15.0 Å².